The first-order chi connectivity index (χ1) is 11.1. The van der Waals surface area contributed by atoms with Crippen LogP contribution in [0.2, 0.25) is 5.15 Å². The Morgan fingerprint density at radius 2 is 2.00 bits per heavy atom. The van der Waals surface area contributed by atoms with Gasteiger partial charge in [-0.15, -0.1) is 0 Å². The zero-order valence-electron chi connectivity index (χ0n) is 12.2. The van der Waals surface area contributed by atoms with Crippen LogP contribution in [0.1, 0.15) is 27.6 Å². The number of Topliss-reactive ketones (excluding diaryl/α,β-unsaturated/α-hetero) is 1. The second-order valence-electron chi connectivity index (χ2n) is 5.03. The Bertz CT molecular complexity index is 871. The molecule has 1 atom stereocenters. The van der Waals surface area contributed by atoms with Gasteiger partial charge in [-0.3, -0.25) is 4.79 Å². The Morgan fingerprint density at radius 3 is 2.74 bits per heavy atom. The highest BCUT2D eigenvalue weighted by Gasteiger charge is 2.22. The second-order valence-corrected chi connectivity index (χ2v) is 5.42. The predicted octanol–water partition coefficient (Wildman–Crippen LogP) is 3.64. The molecule has 5 nitrogen and oxygen atoms in total. The number of ketones is 1. The monoisotopic (exact) mass is 328 g/mol. The molecule has 6 heteroatoms. The molecule has 0 spiro atoms. The summed E-state index contributed by atoms with van der Waals surface area (Å²) in [7, 11) is 0. The summed E-state index contributed by atoms with van der Waals surface area (Å²) in [5.74, 6) is -0.882. The zero-order valence-corrected chi connectivity index (χ0v) is 13.0. The first kappa shape index (κ1) is 15.2. The lowest BCUT2D eigenvalue weighted by atomic mass is 10.1. The number of benzene rings is 1. The van der Waals surface area contributed by atoms with Crippen LogP contribution < -0.4 is 0 Å². The summed E-state index contributed by atoms with van der Waals surface area (Å²) >= 11 is 5.67. The summed E-state index contributed by atoms with van der Waals surface area (Å²) in [5.41, 5.74) is 1.60. The van der Waals surface area contributed by atoms with Crippen LogP contribution >= 0.6 is 11.6 Å². The van der Waals surface area contributed by atoms with Crippen molar-refractivity contribution in [2.24, 2.45) is 0 Å². The van der Waals surface area contributed by atoms with E-state index in [1.165, 1.54) is 18.3 Å². The maximum absolute atomic E-state index is 12.5. The maximum Gasteiger partial charge on any atom is 0.340 e. The number of para-hydroxylation sites is 1. The average molecular weight is 329 g/mol. The summed E-state index contributed by atoms with van der Waals surface area (Å²) in [4.78, 5) is 31.4. The number of halogens is 1. The van der Waals surface area contributed by atoms with Gasteiger partial charge < -0.3 is 9.72 Å². The molecule has 23 heavy (non-hydrogen) atoms. The number of nitrogens with one attached hydrogen (secondary N) is 1. The second kappa shape index (κ2) is 6.22. The fourth-order valence-corrected chi connectivity index (χ4v) is 2.38. The molecule has 1 N–H and O–H groups in total. The molecule has 0 aliphatic carbocycles. The van der Waals surface area contributed by atoms with Gasteiger partial charge in [0.15, 0.2) is 6.10 Å². The minimum atomic E-state index is -0.905. The number of fused-ring (bicyclic) bond motifs is 1. The van der Waals surface area contributed by atoms with Gasteiger partial charge in [-0.05, 0) is 25.1 Å². The lowest BCUT2D eigenvalue weighted by Gasteiger charge is -2.11. The largest absolute Gasteiger partial charge is 0.451 e. The third kappa shape index (κ3) is 3.10. The van der Waals surface area contributed by atoms with Crippen molar-refractivity contribution in [1.29, 1.82) is 0 Å². The van der Waals surface area contributed by atoms with Gasteiger partial charge in [-0.25, -0.2) is 9.78 Å². The quantitative estimate of drug-likeness (QED) is 0.451. The zero-order chi connectivity index (χ0) is 16.4. The van der Waals surface area contributed by atoms with Crippen LogP contribution in [0.25, 0.3) is 10.9 Å². The summed E-state index contributed by atoms with van der Waals surface area (Å²) in [5, 5.41) is 1.08. The van der Waals surface area contributed by atoms with Crippen molar-refractivity contribution in [2.75, 3.05) is 0 Å². The number of hydrogen-bond acceptors (Lipinski definition) is 4. The molecule has 0 saturated carbocycles. The van der Waals surface area contributed by atoms with Crippen LogP contribution in [-0.4, -0.2) is 27.8 Å². The van der Waals surface area contributed by atoms with E-state index in [9.17, 15) is 9.59 Å². The molecule has 1 aromatic carbocycles. The number of carbonyl (C=O) groups is 2. The number of rotatable bonds is 4. The van der Waals surface area contributed by atoms with Crippen molar-refractivity contribution in [1.82, 2.24) is 9.97 Å². The van der Waals surface area contributed by atoms with Gasteiger partial charge >= 0.3 is 5.97 Å². The predicted molar refractivity (Wildman–Crippen MR) is 86.8 cm³/mol. The number of nitrogens with zero attached hydrogens (tertiary/aromatic N) is 1. The van der Waals surface area contributed by atoms with Gasteiger partial charge in [0.25, 0.3) is 0 Å². The minimum Gasteiger partial charge on any atom is -0.451 e. The van der Waals surface area contributed by atoms with Crippen LogP contribution in [0.15, 0.2) is 48.8 Å². The van der Waals surface area contributed by atoms with E-state index in [1.807, 2.05) is 24.3 Å². The van der Waals surface area contributed by atoms with E-state index < -0.39 is 12.1 Å². The molecule has 0 unspecified atom stereocenters. The van der Waals surface area contributed by atoms with Crippen molar-refractivity contribution < 1.29 is 14.3 Å². The fraction of sp³-hybridized carbons (Fsp3) is 0.118. The third-order valence-corrected chi connectivity index (χ3v) is 3.69. The first-order valence-electron chi connectivity index (χ1n) is 6.99. The molecule has 0 radical (unpaired) electrons. The number of pyridine rings is 1. The smallest absolute Gasteiger partial charge is 0.340 e. The Labute approximate surface area is 137 Å². The number of ether oxygens (including phenoxy) is 1. The van der Waals surface area contributed by atoms with E-state index in [1.54, 1.807) is 13.1 Å². The van der Waals surface area contributed by atoms with E-state index in [-0.39, 0.29) is 16.5 Å². The summed E-state index contributed by atoms with van der Waals surface area (Å²) in [6, 6.07) is 10.4. The Hall–Kier alpha value is -2.66. The Kier molecular flexibility index (Phi) is 4.12. The van der Waals surface area contributed by atoms with Crippen LogP contribution in [-0.2, 0) is 4.74 Å². The highest BCUT2D eigenvalue weighted by molar-refractivity contribution is 6.29. The molecule has 116 valence electrons. The van der Waals surface area contributed by atoms with Crippen LogP contribution in [0.4, 0.5) is 0 Å². The molecular weight excluding hydrogens is 316 g/mol. The van der Waals surface area contributed by atoms with Gasteiger partial charge in [0.1, 0.15) is 5.15 Å². The SMILES string of the molecule is C[C@@H](OC(=O)c1ccc(Cl)nc1)C(=O)c1c[nH]c2ccccc12. The molecule has 0 aliphatic heterocycles. The normalized spacial score (nSPS) is 12.1. The molecule has 0 aliphatic rings. The fourth-order valence-electron chi connectivity index (χ4n) is 2.27. The molecule has 2 aromatic heterocycles. The van der Waals surface area contributed by atoms with Gasteiger partial charge in [-0.2, -0.15) is 0 Å². The van der Waals surface area contributed by atoms with Gasteiger partial charge in [0.05, 0.1) is 5.56 Å². The molecule has 0 fully saturated rings. The highest BCUT2D eigenvalue weighted by atomic mass is 35.5. The van der Waals surface area contributed by atoms with Crippen molar-refractivity contribution >= 4 is 34.3 Å². The van der Waals surface area contributed by atoms with Crippen LogP contribution in [0.5, 0.6) is 0 Å². The number of esters is 1. The van der Waals surface area contributed by atoms with Crippen LogP contribution in [0.3, 0.4) is 0 Å². The van der Waals surface area contributed by atoms with Crippen molar-refractivity contribution in [3.05, 3.63) is 65.1 Å². The summed E-state index contributed by atoms with van der Waals surface area (Å²) < 4.78 is 5.23. The molecule has 0 amide bonds. The van der Waals surface area contributed by atoms with Crippen molar-refractivity contribution in [3.63, 3.8) is 0 Å². The third-order valence-electron chi connectivity index (χ3n) is 3.47. The first-order valence-corrected chi connectivity index (χ1v) is 7.37. The molecular formula is C17H13ClN2O3. The van der Waals surface area contributed by atoms with Crippen molar-refractivity contribution in [2.45, 2.75) is 13.0 Å². The van der Waals surface area contributed by atoms with Crippen molar-refractivity contribution in [3.8, 4) is 0 Å². The van der Waals surface area contributed by atoms with Gasteiger partial charge in [0.2, 0.25) is 5.78 Å². The van der Waals surface area contributed by atoms with Crippen LogP contribution in [0, 0.1) is 0 Å². The topological polar surface area (TPSA) is 72.0 Å². The van der Waals surface area contributed by atoms with E-state index in [4.69, 9.17) is 16.3 Å². The summed E-state index contributed by atoms with van der Waals surface area (Å²) in [6.45, 7) is 1.55. The van der Waals surface area contributed by atoms with E-state index in [0.29, 0.717) is 5.56 Å². The summed E-state index contributed by atoms with van der Waals surface area (Å²) in [6.07, 6.45) is 2.03. The minimum absolute atomic E-state index is 0.243. The Morgan fingerprint density at radius 1 is 1.22 bits per heavy atom. The average Bonchev–Trinajstić information content (AvgIpc) is 2.98. The number of aromatic nitrogens is 2. The Balaban J connectivity index is 1.77. The molecule has 3 rings (SSSR count). The van der Waals surface area contributed by atoms with E-state index >= 15 is 0 Å². The van der Waals surface area contributed by atoms with Gasteiger partial charge in [0, 0.05) is 28.9 Å². The number of H-pyrrole nitrogens is 1. The molecule has 0 bridgehead atoms. The highest BCUT2D eigenvalue weighted by Crippen LogP contribution is 2.20. The number of hydrogen-bond donors (Lipinski definition) is 1. The van der Waals surface area contributed by atoms with E-state index in [0.717, 1.165) is 10.9 Å². The standard InChI is InChI=1S/C17H13ClN2O3/c1-10(23-17(22)11-6-7-15(18)20-8-11)16(21)13-9-19-14-5-3-2-4-12(13)14/h2-10,19H,1H3/t10-/m1/s1. The van der Waals surface area contributed by atoms with E-state index in [2.05, 4.69) is 9.97 Å². The lowest BCUT2D eigenvalue weighted by molar-refractivity contribution is 0.0319. The van der Waals surface area contributed by atoms with Gasteiger partial charge in [-0.1, -0.05) is 29.8 Å². The maximum atomic E-state index is 12.5. The number of aromatic amines is 1. The lowest BCUT2D eigenvalue weighted by Crippen LogP contribution is -2.24. The number of carbonyl (C=O) groups excluding carboxylic acids is 2. The molecule has 0 saturated heterocycles. The molecule has 3 aromatic rings. The molecule has 2 heterocycles.